The fourth-order valence-corrected chi connectivity index (χ4v) is 2.21. The highest BCUT2D eigenvalue weighted by atomic mass is 19.4. The van der Waals surface area contributed by atoms with E-state index >= 15 is 0 Å². The Bertz CT molecular complexity index is 711. The molecule has 0 aromatic heterocycles. The molecule has 2 aromatic carbocycles. The summed E-state index contributed by atoms with van der Waals surface area (Å²) >= 11 is 0. The van der Waals surface area contributed by atoms with Crippen LogP contribution in [-0.2, 0) is 17.4 Å². The number of rotatable bonds is 4. The second kappa shape index (κ2) is 6.73. The molecular formula is C17H16F3NO2. The third kappa shape index (κ3) is 4.48. The maximum absolute atomic E-state index is 12.6. The highest BCUT2D eigenvalue weighted by Gasteiger charge is 2.30. The van der Waals surface area contributed by atoms with Crippen LogP contribution in [0.2, 0.25) is 0 Å². The SMILES string of the molecule is COc1ccc(CC(=O)Nc2cccc(C(F)(F)F)c2)cc1C. The summed E-state index contributed by atoms with van der Waals surface area (Å²) in [5, 5.41) is 2.48. The van der Waals surface area contributed by atoms with E-state index in [0.29, 0.717) is 5.75 Å². The maximum atomic E-state index is 12.6. The summed E-state index contributed by atoms with van der Waals surface area (Å²) in [6.45, 7) is 1.85. The molecule has 0 spiro atoms. The highest BCUT2D eigenvalue weighted by Crippen LogP contribution is 2.30. The molecule has 2 rings (SSSR count). The predicted molar refractivity (Wildman–Crippen MR) is 81.5 cm³/mol. The lowest BCUT2D eigenvalue weighted by Gasteiger charge is -2.10. The van der Waals surface area contributed by atoms with Crippen LogP contribution < -0.4 is 10.1 Å². The monoisotopic (exact) mass is 323 g/mol. The van der Waals surface area contributed by atoms with Gasteiger partial charge in [0.1, 0.15) is 5.75 Å². The van der Waals surface area contributed by atoms with Gasteiger partial charge in [0.15, 0.2) is 0 Å². The van der Waals surface area contributed by atoms with Gasteiger partial charge < -0.3 is 10.1 Å². The van der Waals surface area contributed by atoms with Crippen LogP contribution in [0.1, 0.15) is 16.7 Å². The number of ether oxygens (including phenoxy) is 1. The number of halogens is 3. The van der Waals surface area contributed by atoms with Crippen molar-refractivity contribution in [2.75, 3.05) is 12.4 Å². The Morgan fingerprint density at radius 3 is 2.52 bits per heavy atom. The number of carbonyl (C=O) groups excluding carboxylic acids is 1. The molecule has 0 atom stereocenters. The summed E-state index contributed by atoms with van der Waals surface area (Å²) in [5.74, 6) is 0.334. The molecule has 0 bridgehead atoms. The third-order valence-electron chi connectivity index (χ3n) is 3.30. The zero-order chi connectivity index (χ0) is 17.0. The molecule has 0 saturated heterocycles. The molecule has 0 aliphatic carbocycles. The molecule has 122 valence electrons. The summed E-state index contributed by atoms with van der Waals surface area (Å²) in [6.07, 6.45) is -4.37. The van der Waals surface area contributed by atoms with E-state index in [2.05, 4.69) is 5.32 Å². The van der Waals surface area contributed by atoms with Crippen LogP contribution >= 0.6 is 0 Å². The lowest BCUT2D eigenvalue weighted by molar-refractivity contribution is -0.137. The van der Waals surface area contributed by atoms with Gasteiger partial charge >= 0.3 is 6.18 Å². The van der Waals surface area contributed by atoms with Crippen LogP contribution in [0.3, 0.4) is 0 Å². The quantitative estimate of drug-likeness (QED) is 0.915. The zero-order valence-corrected chi connectivity index (χ0v) is 12.7. The van der Waals surface area contributed by atoms with E-state index < -0.39 is 11.7 Å². The van der Waals surface area contributed by atoms with Crippen molar-refractivity contribution >= 4 is 11.6 Å². The highest BCUT2D eigenvalue weighted by molar-refractivity contribution is 5.92. The molecule has 0 heterocycles. The lowest BCUT2D eigenvalue weighted by Crippen LogP contribution is -2.15. The van der Waals surface area contributed by atoms with Crippen LogP contribution in [0.4, 0.5) is 18.9 Å². The van der Waals surface area contributed by atoms with Crippen molar-refractivity contribution in [3.8, 4) is 5.75 Å². The van der Waals surface area contributed by atoms with Crippen molar-refractivity contribution in [1.29, 1.82) is 0 Å². The molecule has 0 fully saturated rings. The van der Waals surface area contributed by atoms with Gasteiger partial charge in [-0.2, -0.15) is 13.2 Å². The number of benzene rings is 2. The topological polar surface area (TPSA) is 38.3 Å². The average molecular weight is 323 g/mol. The number of aryl methyl sites for hydroxylation is 1. The molecule has 1 amide bonds. The number of hydrogen-bond acceptors (Lipinski definition) is 2. The van der Waals surface area contributed by atoms with Crippen molar-refractivity contribution in [1.82, 2.24) is 0 Å². The Labute approximate surface area is 132 Å². The molecule has 6 heteroatoms. The Hall–Kier alpha value is -2.50. The molecule has 23 heavy (non-hydrogen) atoms. The Morgan fingerprint density at radius 1 is 1.17 bits per heavy atom. The first-order valence-corrected chi connectivity index (χ1v) is 6.90. The van der Waals surface area contributed by atoms with Crippen molar-refractivity contribution in [2.24, 2.45) is 0 Å². The van der Waals surface area contributed by atoms with Gasteiger partial charge in [-0.05, 0) is 42.3 Å². The van der Waals surface area contributed by atoms with Gasteiger partial charge in [-0.25, -0.2) is 0 Å². The summed E-state index contributed by atoms with van der Waals surface area (Å²) in [7, 11) is 1.56. The lowest BCUT2D eigenvalue weighted by atomic mass is 10.1. The normalized spacial score (nSPS) is 11.2. The molecule has 2 aromatic rings. The molecule has 0 aliphatic heterocycles. The van der Waals surface area contributed by atoms with Crippen molar-refractivity contribution < 1.29 is 22.7 Å². The van der Waals surface area contributed by atoms with E-state index in [-0.39, 0.29) is 18.0 Å². The number of carbonyl (C=O) groups is 1. The zero-order valence-electron chi connectivity index (χ0n) is 12.7. The van der Waals surface area contributed by atoms with Gasteiger partial charge in [0, 0.05) is 5.69 Å². The number of nitrogens with one attached hydrogen (secondary N) is 1. The maximum Gasteiger partial charge on any atom is 0.416 e. The summed E-state index contributed by atoms with van der Waals surface area (Å²) in [5.41, 5.74) is 0.968. The fourth-order valence-electron chi connectivity index (χ4n) is 2.21. The smallest absolute Gasteiger partial charge is 0.416 e. The number of anilines is 1. The summed E-state index contributed by atoms with van der Waals surface area (Å²) in [6, 6.07) is 9.87. The second-order valence-electron chi connectivity index (χ2n) is 5.11. The summed E-state index contributed by atoms with van der Waals surface area (Å²) < 4.78 is 43.1. The number of hydrogen-bond donors (Lipinski definition) is 1. The molecule has 3 nitrogen and oxygen atoms in total. The minimum Gasteiger partial charge on any atom is -0.496 e. The largest absolute Gasteiger partial charge is 0.496 e. The Kier molecular flexibility index (Phi) is 4.93. The van der Waals surface area contributed by atoms with Gasteiger partial charge in [0.05, 0.1) is 19.1 Å². The van der Waals surface area contributed by atoms with Crippen molar-refractivity contribution in [2.45, 2.75) is 19.5 Å². The van der Waals surface area contributed by atoms with Gasteiger partial charge in [0.25, 0.3) is 0 Å². The van der Waals surface area contributed by atoms with Crippen LogP contribution in [0.5, 0.6) is 5.75 Å². The van der Waals surface area contributed by atoms with Gasteiger partial charge in [-0.15, -0.1) is 0 Å². The number of alkyl halides is 3. The van der Waals surface area contributed by atoms with Crippen LogP contribution in [0.25, 0.3) is 0 Å². The molecule has 0 aliphatic rings. The van der Waals surface area contributed by atoms with Crippen molar-refractivity contribution in [3.63, 3.8) is 0 Å². The van der Waals surface area contributed by atoms with E-state index in [0.717, 1.165) is 23.3 Å². The first-order chi connectivity index (χ1) is 10.8. The summed E-state index contributed by atoms with van der Waals surface area (Å²) in [4.78, 5) is 12.0. The molecule has 0 saturated carbocycles. The van der Waals surface area contributed by atoms with Gasteiger partial charge in [-0.3, -0.25) is 4.79 Å². The van der Waals surface area contributed by atoms with Crippen LogP contribution in [0.15, 0.2) is 42.5 Å². The Morgan fingerprint density at radius 2 is 1.91 bits per heavy atom. The van der Waals surface area contributed by atoms with E-state index in [9.17, 15) is 18.0 Å². The molecule has 0 unspecified atom stereocenters. The second-order valence-corrected chi connectivity index (χ2v) is 5.11. The predicted octanol–water partition coefficient (Wildman–Crippen LogP) is 4.20. The van der Waals surface area contributed by atoms with Crippen LogP contribution in [0, 0.1) is 6.92 Å². The van der Waals surface area contributed by atoms with E-state index in [4.69, 9.17) is 4.74 Å². The first kappa shape index (κ1) is 16.9. The molecule has 1 N–H and O–H groups in total. The molecular weight excluding hydrogens is 307 g/mol. The number of methoxy groups -OCH3 is 1. The van der Waals surface area contributed by atoms with Crippen LogP contribution in [-0.4, -0.2) is 13.0 Å². The van der Waals surface area contributed by atoms with E-state index in [1.165, 1.54) is 12.1 Å². The number of amides is 1. The minimum absolute atomic E-state index is 0.0705. The van der Waals surface area contributed by atoms with Gasteiger partial charge in [-0.1, -0.05) is 18.2 Å². The first-order valence-electron chi connectivity index (χ1n) is 6.90. The average Bonchev–Trinajstić information content (AvgIpc) is 2.46. The van der Waals surface area contributed by atoms with E-state index in [1.807, 2.05) is 13.0 Å². The van der Waals surface area contributed by atoms with Crippen molar-refractivity contribution in [3.05, 3.63) is 59.2 Å². The fraction of sp³-hybridized carbons (Fsp3) is 0.235. The van der Waals surface area contributed by atoms with E-state index in [1.54, 1.807) is 19.2 Å². The Balaban J connectivity index is 2.07. The standard InChI is InChI=1S/C17H16F3NO2/c1-11-8-12(6-7-15(11)23-2)9-16(22)21-14-5-3-4-13(10-14)17(18,19)20/h3-8,10H,9H2,1-2H3,(H,21,22). The molecule has 0 radical (unpaired) electrons. The van der Waals surface area contributed by atoms with Gasteiger partial charge in [0.2, 0.25) is 5.91 Å². The minimum atomic E-state index is -4.44. The third-order valence-corrected chi connectivity index (χ3v) is 3.30.